The second-order valence-corrected chi connectivity index (χ2v) is 6.77. The van der Waals surface area contributed by atoms with Gasteiger partial charge in [-0.3, -0.25) is 0 Å². The number of fused-ring (bicyclic) bond motifs is 1. The minimum absolute atomic E-state index is 0.307. The first-order valence-corrected chi connectivity index (χ1v) is 8.30. The summed E-state index contributed by atoms with van der Waals surface area (Å²) in [5.41, 5.74) is 2.31. The Kier molecular flexibility index (Phi) is 4.29. The second-order valence-electron chi connectivity index (χ2n) is 6.77. The number of nitrogens with one attached hydrogen (secondary N) is 1. The second kappa shape index (κ2) is 6.18. The minimum atomic E-state index is 0.307. The summed E-state index contributed by atoms with van der Waals surface area (Å²) in [6.45, 7) is 5.73. The van der Waals surface area contributed by atoms with E-state index in [-0.39, 0.29) is 0 Å². The molecule has 3 nitrogen and oxygen atoms in total. The third-order valence-electron chi connectivity index (χ3n) is 5.06. The Morgan fingerprint density at radius 2 is 1.95 bits per heavy atom. The molecule has 1 N–H and O–H groups in total. The van der Waals surface area contributed by atoms with Crippen molar-refractivity contribution in [2.75, 3.05) is 6.54 Å². The molecule has 1 aliphatic carbocycles. The average molecular weight is 285 g/mol. The fourth-order valence-electron chi connectivity index (χ4n) is 3.52. The van der Waals surface area contributed by atoms with E-state index in [0.717, 1.165) is 29.7 Å². The molecule has 1 fully saturated rings. The molecule has 0 radical (unpaired) electrons. The summed E-state index contributed by atoms with van der Waals surface area (Å²) < 4.78 is 2.22. The zero-order chi connectivity index (χ0) is 14.8. The van der Waals surface area contributed by atoms with Gasteiger partial charge < -0.3 is 9.88 Å². The van der Waals surface area contributed by atoms with Gasteiger partial charge in [0.25, 0.3) is 0 Å². The van der Waals surface area contributed by atoms with E-state index < -0.39 is 0 Å². The van der Waals surface area contributed by atoms with Crippen molar-refractivity contribution in [3.8, 4) is 0 Å². The zero-order valence-corrected chi connectivity index (χ0v) is 13.5. The van der Waals surface area contributed by atoms with Crippen LogP contribution in [-0.4, -0.2) is 16.1 Å². The highest BCUT2D eigenvalue weighted by Crippen LogP contribution is 2.28. The van der Waals surface area contributed by atoms with E-state index >= 15 is 0 Å². The third kappa shape index (κ3) is 3.13. The lowest BCUT2D eigenvalue weighted by molar-refractivity contribution is 0.274. The lowest BCUT2D eigenvalue weighted by Gasteiger charge is -2.27. The van der Waals surface area contributed by atoms with Gasteiger partial charge in [-0.1, -0.05) is 31.9 Å². The van der Waals surface area contributed by atoms with Gasteiger partial charge in [-0.25, -0.2) is 4.98 Å². The van der Waals surface area contributed by atoms with Gasteiger partial charge in [0.2, 0.25) is 0 Å². The van der Waals surface area contributed by atoms with Gasteiger partial charge in [-0.15, -0.1) is 0 Å². The van der Waals surface area contributed by atoms with Crippen LogP contribution < -0.4 is 5.32 Å². The summed E-state index contributed by atoms with van der Waals surface area (Å²) in [6, 6.07) is 8.67. The van der Waals surface area contributed by atoms with E-state index in [4.69, 9.17) is 4.98 Å². The van der Waals surface area contributed by atoms with Gasteiger partial charge in [0.1, 0.15) is 5.82 Å². The van der Waals surface area contributed by atoms with E-state index in [9.17, 15) is 0 Å². The molecular weight excluding hydrogens is 258 g/mol. The minimum Gasteiger partial charge on any atom is -0.330 e. The van der Waals surface area contributed by atoms with Crippen LogP contribution in [0.1, 0.15) is 51.4 Å². The highest BCUT2D eigenvalue weighted by molar-refractivity contribution is 5.75. The third-order valence-corrected chi connectivity index (χ3v) is 5.06. The number of para-hydroxylation sites is 2. The van der Waals surface area contributed by atoms with Crippen LogP contribution in [0.3, 0.4) is 0 Å². The Morgan fingerprint density at radius 1 is 1.24 bits per heavy atom. The first-order chi connectivity index (χ1) is 10.1. The molecule has 1 aliphatic rings. The van der Waals surface area contributed by atoms with Gasteiger partial charge in [-0.05, 0) is 50.3 Å². The number of benzene rings is 1. The summed E-state index contributed by atoms with van der Waals surface area (Å²) in [5.74, 6) is 2.91. The maximum atomic E-state index is 4.79. The van der Waals surface area contributed by atoms with Gasteiger partial charge in [0, 0.05) is 7.05 Å². The van der Waals surface area contributed by atoms with E-state index in [2.05, 4.69) is 55.0 Å². The molecule has 21 heavy (non-hydrogen) atoms. The Balaban J connectivity index is 1.64. The van der Waals surface area contributed by atoms with Crippen LogP contribution in [0.4, 0.5) is 0 Å². The summed E-state index contributed by atoms with van der Waals surface area (Å²) in [5, 5.41) is 3.70. The van der Waals surface area contributed by atoms with Gasteiger partial charge in [0.05, 0.1) is 17.1 Å². The molecule has 1 atom stereocenters. The fraction of sp³-hybridized carbons (Fsp3) is 0.611. The van der Waals surface area contributed by atoms with E-state index in [1.165, 1.54) is 31.2 Å². The molecule has 2 aromatic rings. The van der Waals surface area contributed by atoms with Crippen molar-refractivity contribution in [3.05, 3.63) is 30.1 Å². The van der Waals surface area contributed by atoms with E-state index in [0.29, 0.717) is 6.04 Å². The molecule has 3 heteroatoms. The molecule has 1 aromatic carbocycles. The smallest absolute Gasteiger partial charge is 0.126 e. The molecule has 3 rings (SSSR count). The number of hydrogen-bond acceptors (Lipinski definition) is 2. The lowest BCUT2D eigenvalue weighted by Crippen LogP contribution is -2.29. The monoisotopic (exact) mass is 285 g/mol. The fourth-order valence-corrected chi connectivity index (χ4v) is 3.52. The standard InChI is InChI=1S/C18H27N3/c1-13-8-10-15(11-9-13)12-19-14(2)18-20-16-6-4-5-7-17(16)21(18)3/h4-7,13-15,19H,8-12H2,1-3H3. The summed E-state index contributed by atoms with van der Waals surface area (Å²) in [6.07, 6.45) is 5.55. The summed E-state index contributed by atoms with van der Waals surface area (Å²) in [7, 11) is 2.12. The van der Waals surface area contributed by atoms with Crippen molar-refractivity contribution >= 4 is 11.0 Å². The largest absolute Gasteiger partial charge is 0.330 e. The maximum absolute atomic E-state index is 4.79. The molecule has 1 unspecified atom stereocenters. The molecule has 0 spiro atoms. The number of rotatable bonds is 4. The lowest BCUT2D eigenvalue weighted by atomic mass is 9.83. The molecule has 114 valence electrons. The number of nitrogens with zero attached hydrogens (tertiary/aromatic N) is 2. The van der Waals surface area contributed by atoms with Crippen molar-refractivity contribution in [1.29, 1.82) is 0 Å². The van der Waals surface area contributed by atoms with E-state index in [1.807, 2.05) is 0 Å². The SMILES string of the molecule is CC1CCC(CNC(C)c2nc3ccccc3n2C)CC1. The van der Waals surface area contributed by atoms with Crippen molar-refractivity contribution in [2.45, 2.75) is 45.6 Å². The predicted molar refractivity (Wildman–Crippen MR) is 88.3 cm³/mol. The molecule has 0 amide bonds. The number of hydrogen-bond donors (Lipinski definition) is 1. The van der Waals surface area contributed by atoms with Gasteiger partial charge in [-0.2, -0.15) is 0 Å². The first-order valence-electron chi connectivity index (χ1n) is 8.30. The highest BCUT2D eigenvalue weighted by Gasteiger charge is 2.20. The molecule has 1 heterocycles. The summed E-state index contributed by atoms with van der Waals surface area (Å²) >= 11 is 0. The number of imidazole rings is 1. The number of aromatic nitrogens is 2. The predicted octanol–water partition coefficient (Wildman–Crippen LogP) is 4.05. The van der Waals surface area contributed by atoms with Crippen LogP contribution in [0.15, 0.2) is 24.3 Å². The molecule has 1 saturated carbocycles. The Hall–Kier alpha value is -1.35. The van der Waals surface area contributed by atoms with Crippen LogP contribution in [0.25, 0.3) is 11.0 Å². The normalized spacial score (nSPS) is 24.3. The topological polar surface area (TPSA) is 29.9 Å². The highest BCUT2D eigenvalue weighted by atomic mass is 15.1. The zero-order valence-electron chi connectivity index (χ0n) is 13.5. The quantitative estimate of drug-likeness (QED) is 0.918. The van der Waals surface area contributed by atoms with E-state index in [1.54, 1.807) is 0 Å². The molecule has 0 saturated heterocycles. The molecule has 0 aliphatic heterocycles. The van der Waals surface area contributed by atoms with Gasteiger partial charge >= 0.3 is 0 Å². The van der Waals surface area contributed by atoms with Crippen LogP contribution in [-0.2, 0) is 7.05 Å². The summed E-state index contributed by atoms with van der Waals surface area (Å²) in [4.78, 5) is 4.79. The van der Waals surface area contributed by atoms with Crippen LogP contribution >= 0.6 is 0 Å². The Bertz CT molecular complexity index is 594. The van der Waals surface area contributed by atoms with Gasteiger partial charge in [0.15, 0.2) is 0 Å². The number of aryl methyl sites for hydroxylation is 1. The van der Waals surface area contributed by atoms with Crippen LogP contribution in [0, 0.1) is 11.8 Å². The first kappa shape index (κ1) is 14.6. The van der Waals surface area contributed by atoms with Crippen LogP contribution in [0.2, 0.25) is 0 Å². The van der Waals surface area contributed by atoms with Crippen molar-refractivity contribution < 1.29 is 0 Å². The maximum Gasteiger partial charge on any atom is 0.126 e. The molecule has 1 aromatic heterocycles. The van der Waals surface area contributed by atoms with Crippen LogP contribution in [0.5, 0.6) is 0 Å². The van der Waals surface area contributed by atoms with Crippen molar-refractivity contribution in [2.24, 2.45) is 18.9 Å². The average Bonchev–Trinajstić information content (AvgIpc) is 2.84. The Labute approximate surface area is 127 Å². The molecule has 0 bridgehead atoms. The van der Waals surface area contributed by atoms with Crippen molar-refractivity contribution in [3.63, 3.8) is 0 Å². The molecular formula is C18H27N3. The van der Waals surface area contributed by atoms with Crippen molar-refractivity contribution in [1.82, 2.24) is 14.9 Å². The Morgan fingerprint density at radius 3 is 2.67 bits per heavy atom.